The Morgan fingerprint density at radius 3 is 1.69 bits per heavy atom. The van der Waals surface area contributed by atoms with Crippen molar-refractivity contribution >= 4 is 11.9 Å². The highest BCUT2D eigenvalue weighted by Crippen LogP contribution is 1.93. The number of carboxylic acid groups (broad SMARTS) is 1. The third-order valence-electron chi connectivity index (χ3n) is 1.15. The number of carbonyl (C=O) groups is 2. The smallest absolute Gasteiger partial charge is 0.330 e. The fourth-order valence-electron chi connectivity index (χ4n) is 0.151. The lowest BCUT2D eigenvalue weighted by Gasteiger charge is -1.87. The highest BCUT2D eigenvalue weighted by Gasteiger charge is 1.96. The molecule has 1 amide bonds. The summed E-state index contributed by atoms with van der Waals surface area (Å²) in [6, 6.07) is 0. The summed E-state index contributed by atoms with van der Waals surface area (Å²) < 4.78 is 0. The molecule has 0 atom stereocenters. The Balaban J connectivity index is 0. The zero-order valence-electron chi connectivity index (χ0n) is 7.96. The molecule has 0 aromatic heterocycles. The van der Waals surface area contributed by atoms with Crippen molar-refractivity contribution in [2.75, 3.05) is 0 Å². The van der Waals surface area contributed by atoms with E-state index in [4.69, 9.17) is 10.8 Å². The van der Waals surface area contributed by atoms with Gasteiger partial charge in [-0.05, 0) is 13.3 Å². The number of aliphatic carboxylic acids is 1. The molecule has 0 saturated heterocycles. The minimum Gasteiger partial charge on any atom is -0.478 e. The van der Waals surface area contributed by atoms with Gasteiger partial charge in [-0.15, -0.1) is 0 Å². The van der Waals surface area contributed by atoms with Crippen molar-refractivity contribution in [1.82, 2.24) is 0 Å². The number of hydrogen-bond donors (Lipinski definition) is 2. The summed E-state index contributed by atoms with van der Waals surface area (Å²) in [5.41, 5.74) is 5.36. The van der Waals surface area contributed by atoms with Gasteiger partial charge in [-0.1, -0.05) is 20.1 Å². The van der Waals surface area contributed by atoms with Crippen LogP contribution in [0.1, 0.15) is 20.3 Å². The van der Waals surface area contributed by atoms with Gasteiger partial charge in [0.05, 0.1) is 0 Å². The highest BCUT2D eigenvalue weighted by molar-refractivity contribution is 5.90. The minimum atomic E-state index is -0.900. The van der Waals surface area contributed by atoms with Gasteiger partial charge in [-0.25, -0.2) is 4.79 Å². The second-order valence-electron chi connectivity index (χ2n) is 2.41. The molecule has 13 heavy (non-hydrogen) atoms. The summed E-state index contributed by atoms with van der Waals surface area (Å²) in [5, 5.41) is 8.08. The molecular formula is C9H15NO3. The lowest BCUT2D eigenvalue weighted by molar-refractivity contribution is -0.132. The molecule has 4 nitrogen and oxygen atoms in total. The van der Waals surface area contributed by atoms with E-state index >= 15 is 0 Å². The molecule has 0 spiro atoms. The Morgan fingerprint density at radius 2 is 1.69 bits per heavy atom. The van der Waals surface area contributed by atoms with Crippen LogP contribution in [0.5, 0.6) is 0 Å². The average Bonchev–Trinajstić information content (AvgIpc) is 2.03. The Morgan fingerprint density at radius 1 is 1.38 bits per heavy atom. The average molecular weight is 185 g/mol. The molecule has 0 unspecified atom stereocenters. The fourth-order valence-corrected chi connectivity index (χ4v) is 0.151. The van der Waals surface area contributed by atoms with Crippen LogP contribution in [-0.4, -0.2) is 17.0 Å². The van der Waals surface area contributed by atoms with Crippen LogP contribution in [0.15, 0.2) is 24.3 Å². The van der Waals surface area contributed by atoms with Crippen molar-refractivity contribution in [3.05, 3.63) is 24.3 Å². The molecule has 0 rings (SSSR count). The van der Waals surface area contributed by atoms with Gasteiger partial charge in [-0.3, -0.25) is 4.79 Å². The van der Waals surface area contributed by atoms with Gasteiger partial charge in [0.1, 0.15) is 0 Å². The highest BCUT2D eigenvalue weighted by atomic mass is 16.4. The Bertz CT molecular complexity index is 219. The first-order valence-corrected chi connectivity index (χ1v) is 3.69. The van der Waals surface area contributed by atoms with Gasteiger partial charge in [0.15, 0.2) is 0 Å². The summed E-state index contributed by atoms with van der Waals surface area (Å²) in [7, 11) is 0. The quantitative estimate of drug-likeness (QED) is 0.646. The molecule has 0 aliphatic rings. The predicted molar refractivity (Wildman–Crippen MR) is 51.1 cm³/mol. The molecule has 0 fully saturated rings. The lowest BCUT2D eigenvalue weighted by Crippen LogP contribution is -2.10. The summed E-state index contributed by atoms with van der Waals surface area (Å²) in [4.78, 5) is 19.7. The maximum absolute atomic E-state index is 9.83. The molecule has 0 bridgehead atoms. The molecule has 0 aliphatic carbocycles. The van der Waals surface area contributed by atoms with E-state index in [0.29, 0.717) is 12.0 Å². The Labute approximate surface area is 77.7 Å². The largest absolute Gasteiger partial charge is 0.478 e. The zero-order chi connectivity index (χ0) is 11.0. The molecule has 0 heterocycles. The number of primary amides is 1. The predicted octanol–water partition coefficient (Wildman–Crippen LogP) is 1.08. The standard InChI is InChI=1S/C5H8O2.C4H7NO/c1-3-4(2)5(6)7;1-3(2)4(5)6/h2-3H2,1H3,(H,6,7);1H2,2H3,(H2,5,6). The maximum Gasteiger partial charge on any atom is 0.330 e. The number of hydrogen-bond acceptors (Lipinski definition) is 2. The Hall–Kier alpha value is -1.58. The molecule has 0 aliphatic heterocycles. The first-order valence-electron chi connectivity index (χ1n) is 3.69. The van der Waals surface area contributed by atoms with Crippen molar-refractivity contribution in [1.29, 1.82) is 0 Å². The third-order valence-corrected chi connectivity index (χ3v) is 1.15. The molecule has 4 heteroatoms. The molecular weight excluding hydrogens is 170 g/mol. The van der Waals surface area contributed by atoms with Crippen LogP contribution in [0, 0.1) is 0 Å². The number of nitrogens with two attached hydrogens (primary N) is 1. The van der Waals surface area contributed by atoms with Gasteiger partial charge in [0.2, 0.25) is 5.91 Å². The Kier molecular flexibility index (Phi) is 7.62. The van der Waals surface area contributed by atoms with E-state index in [1.165, 1.54) is 0 Å². The first-order chi connectivity index (χ1) is 5.82. The number of carboxylic acids is 1. The third kappa shape index (κ3) is 10.4. The molecule has 0 radical (unpaired) electrons. The van der Waals surface area contributed by atoms with Crippen molar-refractivity contribution in [2.45, 2.75) is 20.3 Å². The van der Waals surface area contributed by atoms with Gasteiger partial charge in [0, 0.05) is 11.1 Å². The van der Waals surface area contributed by atoms with Crippen molar-refractivity contribution in [3.8, 4) is 0 Å². The normalized spacial score (nSPS) is 7.85. The van der Waals surface area contributed by atoms with E-state index in [0.717, 1.165) is 0 Å². The first kappa shape index (κ1) is 14.0. The van der Waals surface area contributed by atoms with E-state index < -0.39 is 11.9 Å². The van der Waals surface area contributed by atoms with Crippen molar-refractivity contribution in [3.63, 3.8) is 0 Å². The molecule has 3 N–H and O–H groups in total. The maximum atomic E-state index is 9.83. The second-order valence-corrected chi connectivity index (χ2v) is 2.41. The van der Waals surface area contributed by atoms with Crippen LogP contribution in [0.2, 0.25) is 0 Å². The van der Waals surface area contributed by atoms with Crippen LogP contribution in [0.4, 0.5) is 0 Å². The van der Waals surface area contributed by atoms with E-state index in [2.05, 4.69) is 13.2 Å². The molecule has 0 aromatic rings. The summed E-state index contributed by atoms with van der Waals surface area (Å²) >= 11 is 0. The second kappa shape index (κ2) is 7.09. The van der Waals surface area contributed by atoms with Crippen LogP contribution >= 0.6 is 0 Å². The number of carbonyl (C=O) groups excluding carboxylic acids is 1. The van der Waals surface area contributed by atoms with Crippen LogP contribution < -0.4 is 5.73 Å². The molecule has 0 saturated carbocycles. The summed E-state index contributed by atoms with van der Waals surface area (Å²) in [5.74, 6) is -1.34. The van der Waals surface area contributed by atoms with E-state index in [1.54, 1.807) is 13.8 Å². The fraction of sp³-hybridized carbons (Fsp3) is 0.333. The molecule has 0 aromatic carbocycles. The van der Waals surface area contributed by atoms with Crippen molar-refractivity contribution < 1.29 is 14.7 Å². The molecule has 74 valence electrons. The SMILES string of the molecule is C=C(C)C(N)=O.C=C(CC)C(=O)O. The number of amides is 1. The summed E-state index contributed by atoms with van der Waals surface area (Å²) in [6.45, 7) is 9.89. The van der Waals surface area contributed by atoms with Gasteiger partial charge in [-0.2, -0.15) is 0 Å². The topological polar surface area (TPSA) is 80.4 Å². The van der Waals surface area contributed by atoms with Crippen LogP contribution in [-0.2, 0) is 9.59 Å². The van der Waals surface area contributed by atoms with Crippen molar-refractivity contribution in [2.24, 2.45) is 5.73 Å². The minimum absolute atomic E-state index is 0.264. The van der Waals surface area contributed by atoms with E-state index in [-0.39, 0.29) is 5.57 Å². The van der Waals surface area contributed by atoms with Crippen LogP contribution in [0.3, 0.4) is 0 Å². The lowest BCUT2D eigenvalue weighted by atomic mass is 10.2. The van der Waals surface area contributed by atoms with Gasteiger partial charge < -0.3 is 10.8 Å². The van der Waals surface area contributed by atoms with Crippen LogP contribution in [0.25, 0.3) is 0 Å². The summed E-state index contributed by atoms with van der Waals surface area (Å²) in [6.07, 6.45) is 0.523. The number of rotatable bonds is 3. The van der Waals surface area contributed by atoms with Gasteiger partial charge >= 0.3 is 5.97 Å². The van der Waals surface area contributed by atoms with E-state index in [9.17, 15) is 9.59 Å². The van der Waals surface area contributed by atoms with Gasteiger partial charge in [0.25, 0.3) is 0 Å². The van der Waals surface area contributed by atoms with E-state index in [1.807, 2.05) is 0 Å². The monoisotopic (exact) mass is 185 g/mol. The zero-order valence-corrected chi connectivity index (χ0v) is 7.96.